The molecule has 0 aromatic rings. The van der Waals surface area contributed by atoms with E-state index in [1.165, 1.54) is 9.80 Å². The Morgan fingerprint density at radius 2 is 1.16 bits per heavy atom. The summed E-state index contributed by atoms with van der Waals surface area (Å²) in [5.41, 5.74) is 0. The van der Waals surface area contributed by atoms with Crippen LogP contribution in [0, 0.1) is 47.3 Å². The third kappa shape index (κ3) is 3.51. The van der Waals surface area contributed by atoms with Crippen molar-refractivity contribution in [2.24, 2.45) is 47.3 Å². The van der Waals surface area contributed by atoms with Gasteiger partial charge >= 0.3 is 0 Å². The predicted molar refractivity (Wildman–Crippen MR) is 137 cm³/mol. The third-order valence-corrected chi connectivity index (χ3v) is 10.7. The normalized spacial score (nSPS) is 39.5. The molecule has 2 saturated carbocycles. The first-order chi connectivity index (χ1) is 18.5. The number of nitrogens with zero attached hydrogens (tertiary/aromatic N) is 3. The summed E-state index contributed by atoms with van der Waals surface area (Å²) < 4.78 is 0. The molecule has 202 valence electrons. The van der Waals surface area contributed by atoms with E-state index in [0.29, 0.717) is 38.9 Å². The van der Waals surface area contributed by atoms with Crippen LogP contribution in [0.3, 0.4) is 0 Å². The lowest BCUT2D eigenvalue weighted by Gasteiger charge is -2.32. The summed E-state index contributed by atoms with van der Waals surface area (Å²) in [6.07, 6.45) is 15.7. The number of allylic oxidation sites excluding steroid dienone is 4. The summed E-state index contributed by atoms with van der Waals surface area (Å²) in [6.45, 7) is 1.68. The molecular weight excluding hydrogens is 482 g/mol. The van der Waals surface area contributed by atoms with Crippen molar-refractivity contribution in [2.75, 3.05) is 19.6 Å². The number of fused-ring (bicyclic) bond motifs is 10. The van der Waals surface area contributed by atoms with Gasteiger partial charge in [0.1, 0.15) is 6.04 Å². The van der Waals surface area contributed by atoms with Gasteiger partial charge in [-0.1, -0.05) is 37.1 Å². The van der Waals surface area contributed by atoms with Crippen molar-refractivity contribution in [3.05, 3.63) is 24.3 Å². The molecule has 7 rings (SSSR count). The summed E-state index contributed by atoms with van der Waals surface area (Å²) >= 11 is 0. The fraction of sp³-hybridized carbons (Fsp3) is 0.700. The highest BCUT2D eigenvalue weighted by Gasteiger charge is 2.61. The topological polar surface area (TPSA) is 95.1 Å². The molecule has 0 unspecified atom stereocenters. The lowest BCUT2D eigenvalue weighted by atomic mass is 9.85. The molecule has 0 spiro atoms. The maximum atomic E-state index is 13.8. The molecule has 4 aliphatic carbocycles. The fourth-order valence-corrected chi connectivity index (χ4v) is 8.89. The van der Waals surface area contributed by atoms with Crippen LogP contribution in [-0.2, 0) is 24.0 Å². The lowest BCUT2D eigenvalue weighted by Crippen LogP contribution is -2.52. The molecule has 38 heavy (non-hydrogen) atoms. The molecular formula is C30H37N3O5. The molecule has 5 amide bonds. The van der Waals surface area contributed by atoms with Crippen molar-refractivity contribution in [3.8, 4) is 0 Å². The van der Waals surface area contributed by atoms with E-state index in [0.717, 1.165) is 38.5 Å². The van der Waals surface area contributed by atoms with E-state index >= 15 is 0 Å². The highest BCUT2D eigenvalue weighted by molar-refractivity contribution is 6.09. The number of carbonyl (C=O) groups is 5. The second-order valence-electron chi connectivity index (χ2n) is 12.6. The van der Waals surface area contributed by atoms with Crippen molar-refractivity contribution in [3.63, 3.8) is 0 Å². The molecule has 0 radical (unpaired) electrons. The lowest BCUT2D eigenvalue weighted by molar-refractivity contribution is -0.152. The average molecular weight is 520 g/mol. The first-order valence-electron chi connectivity index (χ1n) is 14.8. The minimum absolute atomic E-state index is 0.0465. The average Bonchev–Trinajstić information content (AvgIpc) is 3.74. The second-order valence-corrected chi connectivity index (χ2v) is 12.6. The largest absolute Gasteiger partial charge is 0.341 e. The quantitative estimate of drug-likeness (QED) is 0.293. The zero-order valence-electron chi connectivity index (χ0n) is 21.9. The van der Waals surface area contributed by atoms with E-state index in [1.807, 2.05) is 4.90 Å². The number of amides is 5. The maximum absolute atomic E-state index is 13.8. The number of unbranched alkanes of at least 4 members (excludes halogenated alkanes) is 1. The Morgan fingerprint density at radius 1 is 0.684 bits per heavy atom. The molecule has 0 N–H and O–H groups in total. The van der Waals surface area contributed by atoms with Gasteiger partial charge in [-0.3, -0.25) is 33.8 Å². The SMILES string of the molecule is O=C([C@H](CCCCN1C(=O)[C@@H]2[C@H](C1=O)[C@H]1C=C[C@H]2C1)N1C(=O)[C@@H]2[C@H](C1=O)[C@H]1C=C[C@H]2C1)N1CCCCCC1. The molecule has 0 aromatic carbocycles. The van der Waals surface area contributed by atoms with Crippen LogP contribution in [0.2, 0.25) is 0 Å². The van der Waals surface area contributed by atoms with Gasteiger partial charge in [-0.15, -0.1) is 0 Å². The van der Waals surface area contributed by atoms with E-state index in [4.69, 9.17) is 0 Å². The van der Waals surface area contributed by atoms with E-state index < -0.39 is 6.04 Å². The van der Waals surface area contributed by atoms with Gasteiger partial charge in [-0.05, 0) is 68.6 Å². The molecule has 5 fully saturated rings. The Balaban J connectivity index is 1.04. The Bertz CT molecular complexity index is 1080. The number of likely N-dealkylation sites (tertiary alicyclic amines) is 3. The fourth-order valence-electron chi connectivity index (χ4n) is 8.89. The molecule has 0 aromatic heterocycles. The van der Waals surface area contributed by atoms with Crippen molar-refractivity contribution < 1.29 is 24.0 Å². The highest BCUT2D eigenvalue weighted by Crippen LogP contribution is 2.54. The first-order valence-corrected chi connectivity index (χ1v) is 14.8. The monoisotopic (exact) mass is 519 g/mol. The zero-order valence-corrected chi connectivity index (χ0v) is 21.9. The van der Waals surface area contributed by atoms with Gasteiger partial charge in [-0.2, -0.15) is 0 Å². The minimum Gasteiger partial charge on any atom is -0.341 e. The van der Waals surface area contributed by atoms with Gasteiger partial charge in [0, 0.05) is 19.6 Å². The van der Waals surface area contributed by atoms with Crippen molar-refractivity contribution >= 4 is 29.5 Å². The van der Waals surface area contributed by atoms with Crippen LogP contribution in [0.25, 0.3) is 0 Å². The van der Waals surface area contributed by atoms with Crippen LogP contribution in [0.5, 0.6) is 0 Å². The Morgan fingerprint density at radius 3 is 1.66 bits per heavy atom. The number of imide groups is 2. The summed E-state index contributed by atoms with van der Waals surface area (Å²) in [5.74, 6) is -0.984. The Labute approximate surface area is 223 Å². The smallest absolute Gasteiger partial charge is 0.245 e. The van der Waals surface area contributed by atoms with E-state index in [9.17, 15) is 24.0 Å². The molecule has 3 saturated heterocycles. The standard InChI is InChI=1S/C30H37N3O5/c34-26(31-12-4-1-2-5-13-31)21(33-29(37)24-19-10-11-20(16-19)25(24)30(33)38)7-3-6-14-32-27(35)22-17-8-9-18(15-17)23(22)28(32)36/h8-11,17-25H,1-7,12-16H2/t17-,18-,19-,20-,21-,22-,23+,24-,25+/m0/s1. The van der Waals surface area contributed by atoms with E-state index in [2.05, 4.69) is 24.3 Å². The van der Waals surface area contributed by atoms with Gasteiger partial charge in [0.2, 0.25) is 29.5 Å². The minimum atomic E-state index is -0.789. The molecule has 3 heterocycles. The van der Waals surface area contributed by atoms with Crippen LogP contribution in [0.15, 0.2) is 24.3 Å². The number of rotatable bonds is 7. The van der Waals surface area contributed by atoms with E-state index in [1.54, 1.807) is 0 Å². The van der Waals surface area contributed by atoms with Crippen LogP contribution >= 0.6 is 0 Å². The summed E-state index contributed by atoms with van der Waals surface area (Å²) in [4.78, 5) is 71.7. The molecule has 4 bridgehead atoms. The number of carbonyl (C=O) groups excluding carboxylic acids is 5. The molecule has 3 aliphatic heterocycles. The van der Waals surface area contributed by atoms with Crippen molar-refractivity contribution in [1.29, 1.82) is 0 Å². The zero-order chi connectivity index (χ0) is 26.1. The van der Waals surface area contributed by atoms with Gasteiger partial charge in [0.05, 0.1) is 23.7 Å². The number of hydrogen-bond donors (Lipinski definition) is 0. The first kappa shape index (κ1) is 24.3. The van der Waals surface area contributed by atoms with Crippen LogP contribution < -0.4 is 0 Å². The van der Waals surface area contributed by atoms with Crippen molar-refractivity contribution in [2.45, 2.75) is 63.8 Å². The van der Waals surface area contributed by atoms with Gasteiger partial charge in [-0.25, -0.2) is 0 Å². The third-order valence-electron chi connectivity index (χ3n) is 10.7. The van der Waals surface area contributed by atoms with Crippen LogP contribution in [0.4, 0.5) is 0 Å². The van der Waals surface area contributed by atoms with Crippen LogP contribution in [0.1, 0.15) is 57.8 Å². The van der Waals surface area contributed by atoms with Gasteiger partial charge < -0.3 is 4.90 Å². The highest BCUT2D eigenvalue weighted by atomic mass is 16.2. The molecule has 8 heteroatoms. The van der Waals surface area contributed by atoms with Crippen molar-refractivity contribution in [1.82, 2.24) is 14.7 Å². The summed E-state index contributed by atoms with van der Waals surface area (Å²) in [7, 11) is 0. The maximum Gasteiger partial charge on any atom is 0.245 e. The Kier molecular flexibility index (Phi) is 5.85. The van der Waals surface area contributed by atoms with Crippen LogP contribution in [-0.4, -0.2) is 69.9 Å². The van der Waals surface area contributed by atoms with Gasteiger partial charge in [0.15, 0.2) is 0 Å². The Hall–Kier alpha value is -2.77. The molecule has 8 nitrogen and oxygen atoms in total. The summed E-state index contributed by atoms with van der Waals surface area (Å²) in [5, 5.41) is 0. The molecule has 7 aliphatic rings. The van der Waals surface area contributed by atoms with Gasteiger partial charge in [0.25, 0.3) is 0 Å². The predicted octanol–water partition coefficient (Wildman–Crippen LogP) is 2.54. The van der Waals surface area contributed by atoms with E-state index in [-0.39, 0.29) is 76.9 Å². The second kappa shape index (κ2) is 9.16. The summed E-state index contributed by atoms with van der Waals surface area (Å²) in [6, 6.07) is -0.789. The molecule has 9 atom stereocenters. The number of hydrogen-bond acceptors (Lipinski definition) is 5.